The molecule has 4 aromatic rings. The average molecular weight is 545 g/mol. The van der Waals surface area contributed by atoms with Crippen molar-refractivity contribution in [2.75, 3.05) is 24.4 Å². The number of benzene rings is 4. The minimum absolute atomic E-state index is 0.0165. The molecule has 6 rings (SSSR count). The van der Waals surface area contributed by atoms with E-state index in [9.17, 15) is 9.59 Å². The standard InChI is InChI=1S/C35H32N2O4/c1-22-13-15-23(16-14-22)34-33-28(19-26(20-30(33)38)25-17-18-31(40-2)32(21-25)41-3)36-27-11-7-8-12-29(27)37(34)35(39)24-9-5-4-6-10-24/h4-18,21,26,34,36H,19-20H2,1-3H3/t26-,34+/m0/s1. The Labute approximate surface area is 240 Å². The molecule has 0 aromatic heterocycles. The second-order valence-electron chi connectivity index (χ2n) is 10.5. The van der Waals surface area contributed by atoms with Gasteiger partial charge < -0.3 is 14.8 Å². The number of nitrogens with zero attached hydrogens (tertiary/aromatic N) is 1. The average Bonchev–Trinajstić information content (AvgIpc) is 3.16. The molecule has 0 bridgehead atoms. The molecule has 1 N–H and O–H groups in total. The van der Waals surface area contributed by atoms with Crippen LogP contribution in [-0.2, 0) is 4.79 Å². The topological polar surface area (TPSA) is 67.9 Å². The van der Waals surface area contributed by atoms with Crippen LogP contribution in [0.3, 0.4) is 0 Å². The lowest BCUT2D eigenvalue weighted by Crippen LogP contribution is -2.38. The van der Waals surface area contributed by atoms with Gasteiger partial charge in [-0.25, -0.2) is 0 Å². The SMILES string of the molecule is COc1ccc([C@@H]2CC(=O)C3=C(C2)Nc2ccccc2N(C(=O)c2ccccc2)[C@@H]3c2ccc(C)cc2)cc1OC. The highest BCUT2D eigenvalue weighted by Gasteiger charge is 2.42. The fourth-order valence-corrected chi connectivity index (χ4v) is 5.94. The number of hydrogen-bond donors (Lipinski definition) is 1. The van der Waals surface area contributed by atoms with Gasteiger partial charge in [-0.3, -0.25) is 14.5 Å². The van der Waals surface area contributed by atoms with E-state index < -0.39 is 6.04 Å². The largest absolute Gasteiger partial charge is 0.493 e. The number of carbonyl (C=O) groups is 2. The van der Waals surface area contributed by atoms with E-state index in [1.807, 2.05) is 104 Å². The lowest BCUT2D eigenvalue weighted by atomic mass is 9.78. The third-order valence-electron chi connectivity index (χ3n) is 8.00. The summed E-state index contributed by atoms with van der Waals surface area (Å²) in [6, 6.07) is 30.4. The minimum atomic E-state index is -0.590. The van der Waals surface area contributed by atoms with Crippen LogP contribution >= 0.6 is 0 Å². The van der Waals surface area contributed by atoms with Gasteiger partial charge in [-0.2, -0.15) is 0 Å². The van der Waals surface area contributed by atoms with Crippen molar-refractivity contribution in [2.45, 2.75) is 31.7 Å². The highest BCUT2D eigenvalue weighted by Crippen LogP contribution is 2.48. The molecule has 0 fully saturated rings. The summed E-state index contributed by atoms with van der Waals surface area (Å²) < 4.78 is 11.0. The third-order valence-corrected chi connectivity index (χ3v) is 8.00. The van der Waals surface area contributed by atoms with Crippen molar-refractivity contribution in [3.05, 3.63) is 131 Å². The molecule has 0 spiro atoms. The van der Waals surface area contributed by atoms with Gasteiger partial charge in [0.25, 0.3) is 5.91 Å². The van der Waals surface area contributed by atoms with Crippen molar-refractivity contribution in [3.8, 4) is 11.5 Å². The molecule has 1 amide bonds. The summed E-state index contributed by atoms with van der Waals surface area (Å²) in [7, 11) is 3.22. The van der Waals surface area contributed by atoms with Gasteiger partial charge in [0.05, 0.1) is 31.6 Å². The van der Waals surface area contributed by atoms with Crippen LogP contribution in [0.25, 0.3) is 0 Å². The fourth-order valence-electron chi connectivity index (χ4n) is 5.94. The van der Waals surface area contributed by atoms with Crippen LogP contribution < -0.4 is 19.7 Å². The number of nitrogens with one attached hydrogen (secondary N) is 1. The number of ether oxygens (including phenoxy) is 2. The van der Waals surface area contributed by atoms with Crippen LogP contribution in [0.4, 0.5) is 11.4 Å². The summed E-state index contributed by atoms with van der Waals surface area (Å²) in [5.41, 5.74) is 6.56. The predicted molar refractivity (Wildman–Crippen MR) is 161 cm³/mol. The molecule has 1 heterocycles. The van der Waals surface area contributed by atoms with E-state index in [0.717, 1.165) is 33.8 Å². The summed E-state index contributed by atoms with van der Waals surface area (Å²) >= 11 is 0. The van der Waals surface area contributed by atoms with E-state index in [2.05, 4.69) is 5.32 Å². The first-order valence-corrected chi connectivity index (χ1v) is 13.8. The molecule has 6 nitrogen and oxygen atoms in total. The number of fused-ring (bicyclic) bond motifs is 1. The smallest absolute Gasteiger partial charge is 0.259 e. The molecule has 0 radical (unpaired) electrons. The number of carbonyl (C=O) groups excluding carboxylic acids is 2. The molecule has 2 aliphatic rings. The van der Waals surface area contributed by atoms with Gasteiger partial charge in [-0.1, -0.05) is 66.2 Å². The zero-order valence-corrected chi connectivity index (χ0v) is 23.4. The fraction of sp³-hybridized carbons (Fsp3) is 0.200. The highest BCUT2D eigenvalue weighted by molar-refractivity contribution is 6.12. The molecule has 2 atom stereocenters. The Morgan fingerprint density at radius 1 is 0.805 bits per heavy atom. The lowest BCUT2D eigenvalue weighted by molar-refractivity contribution is -0.116. The zero-order chi connectivity index (χ0) is 28.5. The number of anilines is 2. The van der Waals surface area contributed by atoms with Crippen molar-refractivity contribution in [3.63, 3.8) is 0 Å². The summed E-state index contributed by atoms with van der Waals surface area (Å²) in [5, 5.41) is 3.60. The Morgan fingerprint density at radius 3 is 2.22 bits per heavy atom. The molecule has 206 valence electrons. The van der Waals surface area contributed by atoms with Crippen LogP contribution in [-0.4, -0.2) is 25.9 Å². The number of rotatable bonds is 5. The van der Waals surface area contributed by atoms with Crippen molar-refractivity contribution >= 4 is 23.1 Å². The second-order valence-corrected chi connectivity index (χ2v) is 10.5. The van der Waals surface area contributed by atoms with Crippen LogP contribution in [0, 0.1) is 6.92 Å². The number of para-hydroxylation sites is 2. The van der Waals surface area contributed by atoms with E-state index in [-0.39, 0.29) is 17.6 Å². The molecular weight excluding hydrogens is 512 g/mol. The molecule has 4 aromatic carbocycles. The molecule has 0 saturated carbocycles. The van der Waals surface area contributed by atoms with Gasteiger partial charge in [0.2, 0.25) is 0 Å². The van der Waals surface area contributed by atoms with E-state index >= 15 is 0 Å². The molecule has 1 aliphatic carbocycles. The number of ketones is 1. The number of aryl methyl sites for hydroxylation is 1. The molecule has 41 heavy (non-hydrogen) atoms. The normalized spacial score (nSPS) is 18.1. The Hall–Kier alpha value is -4.84. The van der Waals surface area contributed by atoms with Crippen LogP contribution in [0.2, 0.25) is 0 Å². The molecule has 6 heteroatoms. The third kappa shape index (κ3) is 4.86. The van der Waals surface area contributed by atoms with Gasteiger partial charge in [0.15, 0.2) is 17.3 Å². The second kappa shape index (κ2) is 11.0. The monoisotopic (exact) mass is 544 g/mol. The molecule has 0 saturated heterocycles. The van der Waals surface area contributed by atoms with Crippen molar-refractivity contribution < 1.29 is 19.1 Å². The Kier molecular flexibility index (Phi) is 7.06. The summed E-state index contributed by atoms with van der Waals surface area (Å²) in [4.78, 5) is 30.4. The quantitative estimate of drug-likeness (QED) is 0.287. The Balaban J connectivity index is 1.53. The van der Waals surface area contributed by atoms with Crippen LogP contribution in [0.1, 0.15) is 51.8 Å². The summed E-state index contributed by atoms with van der Waals surface area (Å²) in [6.45, 7) is 2.03. The lowest BCUT2D eigenvalue weighted by Gasteiger charge is -2.35. The highest BCUT2D eigenvalue weighted by atomic mass is 16.5. The Bertz CT molecular complexity index is 1640. The maximum Gasteiger partial charge on any atom is 0.259 e. The Morgan fingerprint density at radius 2 is 1.49 bits per heavy atom. The number of methoxy groups -OCH3 is 2. The first-order chi connectivity index (χ1) is 20.0. The van der Waals surface area contributed by atoms with Crippen LogP contribution in [0.5, 0.6) is 11.5 Å². The molecule has 1 aliphatic heterocycles. The summed E-state index contributed by atoms with van der Waals surface area (Å²) in [6.07, 6.45) is 0.933. The first kappa shape index (κ1) is 26.4. The van der Waals surface area contributed by atoms with E-state index in [1.54, 1.807) is 19.1 Å². The van der Waals surface area contributed by atoms with Gasteiger partial charge in [-0.15, -0.1) is 0 Å². The number of Topliss-reactive ketones (excluding diaryl/α,β-unsaturated/α-hetero) is 1. The van der Waals surface area contributed by atoms with Gasteiger partial charge in [-0.05, 0) is 66.8 Å². The van der Waals surface area contributed by atoms with Crippen LogP contribution in [0.15, 0.2) is 108 Å². The zero-order valence-electron chi connectivity index (χ0n) is 23.4. The number of hydrogen-bond acceptors (Lipinski definition) is 5. The molecular formula is C35H32N2O4. The minimum Gasteiger partial charge on any atom is -0.493 e. The van der Waals surface area contributed by atoms with E-state index in [0.29, 0.717) is 35.5 Å². The predicted octanol–water partition coefficient (Wildman–Crippen LogP) is 7.23. The van der Waals surface area contributed by atoms with E-state index in [1.165, 1.54) is 0 Å². The van der Waals surface area contributed by atoms with Gasteiger partial charge in [0, 0.05) is 23.3 Å². The van der Waals surface area contributed by atoms with E-state index in [4.69, 9.17) is 9.47 Å². The number of allylic oxidation sites excluding steroid dienone is 1. The van der Waals surface area contributed by atoms with Crippen molar-refractivity contribution in [2.24, 2.45) is 0 Å². The maximum atomic E-state index is 14.3. The summed E-state index contributed by atoms with van der Waals surface area (Å²) in [5.74, 6) is 1.08. The van der Waals surface area contributed by atoms with Crippen molar-refractivity contribution in [1.82, 2.24) is 0 Å². The molecule has 0 unspecified atom stereocenters. The van der Waals surface area contributed by atoms with Crippen molar-refractivity contribution in [1.29, 1.82) is 0 Å². The maximum absolute atomic E-state index is 14.3. The van der Waals surface area contributed by atoms with Gasteiger partial charge >= 0.3 is 0 Å². The van der Waals surface area contributed by atoms with Gasteiger partial charge in [0.1, 0.15) is 0 Å². The first-order valence-electron chi connectivity index (χ1n) is 13.8. The number of amides is 1.